The largest absolute Gasteiger partial charge is 0.341 e. The van der Waals surface area contributed by atoms with Crippen LogP contribution in [-0.2, 0) is 4.79 Å². The molecular weight excluding hydrogens is 318 g/mol. The number of nitrogens with two attached hydrogens (primary N) is 1. The first kappa shape index (κ1) is 17.3. The highest BCUT2D eigenvalue weighted by Crippen LogP contribution is 2.18. The lowest BCUT2D eigenvalue weighted by atomic mass is 9.96. The van der Waals surface area contributed by atoms with Crippen molar-refractivity contribution in [2.45, 2.75) is 32.2 Å². The van der Waals surface area contributed by atoms with Gasteiger partial charge in [0.15, 0.2) is 0 Å². The molecule has 8 nitrogen and oxygen atoms in total. The Morgan fingerprint density at radius 2 is 2.04 bits per heavy atom. The van der Waals surface area contributed by atoms with Crippen molar-refractivity contribution in [2.75, 3.05) is 25.0 Å². The Balaban J connectivity index is 1.69. The Hall–Kier alpha value is -2.48. The Morgan fingerprint density at radius 3 is 2.68 bits per heavy atom. The number of piperidine rings is 1. The minimum Gasteiger partial charge on any atom is -0.341 e. The van der Waals surface area contributed by atoms with Gasteiger partial charge in [0.05, 0.1) is 5.69 Å². The van der Waals surface area contributed by atoms with Crippen LogP contribution in [-0.4, -0.2) is 56.7 Å². The molecule has 0 spiro atoms. The molecule has 1 unspecified atom stereocenters. The van der Waals surface area contributed by atoms with E-state index < -0.39 is 0 Å². The van der Waals surface area contributed by atoms with Crippen LogP contribution in [0.25, 0.3) is 5.69 Å². The van der Waals surface area contributed by atoms with Crippen LogP contribution in [0.1, 0.15) is 26.2 Å². The van der Waals surface area contributed by atoms with E-state index in [9.17, 15) is 4.79 Å². The molecule has 1 aliphatic heterocycles. The van der Waals surface area contributed by atoms with Crippen LogP contribution < -0.4 is 11.1 Å². The lowest BCUT2D eigenvalue weighted by molar-refractivity contribution is -0.133. The van der Waals surface area contributed by atoms with E-state index in [1.54, 1.807) is 4.68 Å². The molecule has 1 aromatic carbocycles. The number of anilines is 1. The van der Waals surface area contributed by atoms with Gasteiger partial charge in [-0.15, -0.1) is 0 Å². The van der Waals surface area contributed by atoms with Crippen LogP contribution in [0.3, 0.4) is 0 Å². The van der Waals surface area contributed by atoms with E-state index in [2.05, 4.69) is 20.8 Å². The smallest absolute Gasteiger partial charge is 0.248 e. The molecule has 1 saturated heterocycles. The number of amides is 1. The third kappa shape index (κ3) is 3.96. The van der Waals surface area contributed by atoms with Crippen LogP contribution in [0, 0.1) is 5.92 Å². The second-order valence-corrected chi connectivity index (χ2v) is 6.36. The zero-order valence-corrected chi connectivity index (χ0v) is 14.5. The molecule has 0 bridgehead atoms. The molecule has 1 atom stereocenters. The average Bonchev–Trinajstić information content (AvgIpc) is 3.14. The number of carbonyl (C=O) groups is 1. The number of hydrogen-bond acceptors (Lipinski definition) is 6. The first-order chi connectivity index (χ1) is 12.2. The normalized spacial score (nSPS) is 16.6. The van der Waals surface area contributed by atoms with Gasteiger partial charge in [0, 0.05) is 13.1 Å². The number of tetrazole rings is 1. The summed E-state index contributed by atoms with van der Waals surface area (Å²) < 4.78 is 1.61. The fourth-order valence-corrected chi connectivity index (χ4v) is 3.12. The predicted molar refractivity (Wildman–Crippen MR) is 95.2 cm³/mol. The van der Waals surface area contributed by atoms with Crippen molar-refractivity contribution >= 4 is 11.9 Å². The van der Waals surface area contributed by atoms with Gasteiger partial charge in [0.2, 0.25) is 11.9 Å². The zero-order chi connectivity index (χ0) is 17.6. The first-order valence-corrected chi connectivity index (χ1v) is 8.82. The number of nitrogens with zero attached hydrogens (tertiary/aromatic N) is 5. The lowest BCUT2D eigenvalue weighted by Gasteiger charge is -2.33. The SMILES string of the molecule is CCC(Nc1nnnn1-c1ccccc1)C(=O)N1CCC(CN)CC1. The first-order valence-electron chi connectivity index (χ1n) is 8.82. The molecule has 3 N–H and O–H groups in total. The van der Waals surface area contributed by atoms with Gasteiger partial charge in [0.25, 0.3) is 0 Å². The number of rotatable bonds is 6. The number of hydrogen-bond donors (Lipinski definition) is 2. The van der Waals surface area contributed by atoms with Gasteiger partial charge in [-0.25, -0.2) is 0 Å². The van der Waals surface area contributed by atoms with Crippen molar-refractivity contribution in [1.82, 2.24) is 25.1 Å². The number of para-hydroxylation sites is 1. The fourth-order valence-electron chi connectivity index (χ4n) is 3.12. The quantitative estimate of drug-likeness (QED) is 0.813. The van der Waals surface area contributed by atoms with Crippen molar-refractivity contribution in [2.24, 2.45) is 11.7 Å². The standard InChI is InChI=1S/C17H25N7O/c1-2-15(16(25)23-10-8-13(12-18)9-11-23)19-17-20-21-22-24(17)14-6-4-3-5-7-14/h3-7,13,15H,2,8-12,18H2,1H3,(H,19,20,22). The van der Waals surface area contributed by atoms with Crippen molar-refractivity contribution in [3.05, 3.63) is 30.3 Å². The van der Waals surface area contributed by atoms with Gasteiger partial charge >= 0.3 is 0 Å². The van der Waals surface area contributed by atoms with Crippen molar-refractivity contribution in [3.63, 3.8) is 0 Å². The second-order valence-electron chi connectivity index (χ2n) is 6.36. The highest BCUT2D eigenvalue weighted by atomic mass is 16.2. The van der Waals surface area contributed by atoms with E-state index in [1.165, 1.54) is 0 Å². The van der Waals surface area contributed by atoms with Crippen molar-refractivity contribution < 1.29 is 4.79 Å². The molecule has 8 heteroatoms. The molecule has 3 rings (SSSR count). The molecule has 2 heterocycles. The summed E-state index contributed by atoms with van der Waals surface area (Å²) in [7, 11) is 0. The van der Waals surface area contributed by atoms with Crippen LogP contribution in [0.2, 0.25) is 0 Å². The third-order valence-electron chi connectivity index (χ3n) is 4.74. The van der Waals surface area contributed by atoms with Crippen LogP contribution in [0.4, 0.5) is 5.95 Å². The number of aromatic nitrogens is 4. The van der Waals surface area contributed by atoms with E-state index in [4.69, 9.17) is 5.73 Å². The lowest BCUT2D eigenvalue weighted by Crippen LogP contribution is -2.47. The van der Waals surface area contributed by atoms with Crippen molar-refractivity contribution in [3.8, 4) is 5.69 Å². The fraction of sp³-hybridized carbons (Fsp3) is 0.529. The molecule has 0 saturated carbocycles. The molecule has 0 aliphatic carbocycles. The number of carbonyl (C=O) groups excluding carboxylic acids is 1. The topological polar surface area (TPSA) is 102 Å². The van der Waals surface area contributed by atoms with Gasteiger partial charge in [-0.3, -0.25) is 4.79 Å². The van der Waals surface area contributed by atoms with E-state index in [-0.39, 0.29) is 11.9 Å². The minimum atomic E-state index is -0.345. The molecule has 1 aliphatic rings. The van der Waals surface area contributed by atoms with Gasteiger partial charge in [-0.05, 0) is 54.3 Å². The number of nitrogens with one attached hydrogen (secondary N) is 1. The summed E-state index contributed by atoms with van der Waals surface area (Å²) in [5, 5.41) is 15.0. The average molecular weight is 343 g/mol. The number of benzene rings is 1. The highest BCUT2D eigenvalue weighted by molar-refractivity contribution is 5.84. The van der Waals surface area contributed by atoms with Gasteiger partial charge in [-0.2, -0.15) is 4.68 Å². The minimum absolute atomic E-state index is 0.0978. The zero-order valence-electron chi connectivity index (χ0n) is 14.5. The highest BCUT2D eigenvalue weighted by Gasteiger charge is 2.28. The van der Waals surface area contributed by atoms with Gasteiger partial charge < -0.3 is 16.0 Å². The summed E-state index contributed by atoms with van der Waals surface area (Å²) in [6.45, 7) is 4.22. The molecule has 2 aromatic rings. The Bertz CT molecular complexity index is 679. The summed E-state index contributed by atoms with van der Waals surface area (Å²) in [6, 6.07) is 9.27. The molecule has 1 amide bonds. The summed E-state index contributed by atoms with van der Waals surface area (Å²) >= 11 is 0. The molecule has 1 fully saturated rings. The van der Waals surface area contributed by atoms with Crippen LogP contribution >= 0.6 is 0 Å². The van der Waals surface area contributed by atoms with E-state index in [0.717, 1.165) is 31.6 Å². The molecule has 134 valence electrons. The summed E-state index contributed by atoms with van der Waals surface area (Å²) in [5.41, 5.74) is 6.58. The maximum Gasteiger partial charge on any atom is 0.248 e. The van der Waals surface area contributed by atoms with E-state index in [0.29, 0.717) is 24.8 Å². The maximum atomic E-state index is 12.9. The molecular formula is C17H25N7O. The Morgan fingerprint density at radius 1 is 1.32 bits per heavy atom. The molecule has 25 heavy (non-hydrogen) atoms. The van der Waals surface area contributed by atoms with Crippen LogP contribution in [0.15, 0.2) is 30.3 Å². The maximum absolute atomic E-state index is 12.9. The Labute approximate surface area is 147 Å². The second kappa shape index (κ2) is 8.06. The molecule has 1 aromatic heterocycles. The summed E-state index contributed by atoms with van der Waals surface area (Å²) in [5.74, 6) is 1.10. The third-order valence-corrected chi connectivity index (χ3v) is 4.74. The van der Waals surface area contributed by atoms with Crippen molar-refractivity contribution in [1.29, 1.82) is 0 Å². The summed E-state index contributed by atoms with van der Waals surface area (Å²) in [6.07, 6.45) is 2.61. The number of likely N-dealkylation sites (tertiary alicyclic amines) is 1. The monoisotopic (exact) mass is 343 g/mol. The predicted octanol–water partition coefficient (Wildman–Crippen LogP) is 1.05. The van der Waals surface area contributed by atoms with Gasteiger partial charge in [-0.1, -0.05) is 30.2 Å². The summed E-state index contributed by atoms with van der Waals surface area (Å²) in [4.78, 5) is 14.8. The molecule has 0 radical (unpaired) electrons. The van der Waals surface area contributed by atoms with E-state index >= 15 is 0 Å². The van der Waals surface area contributed by atoms with E-state index in [1.807, 2.05) is 42.2 Å². The van der Waals surface area contributed by atoms with Crippen LogP contribution in [0.5, 0.6) is 0 Å². The Kier molecular flexibility index (Phi) is 5.60. The van der Waals surface area contributed by atoms with Gasteiger partial charge in [0.1, 0.15) is 6.04 Å².